The fourth-order valence-corrected chi connectivity index (χ4v) is 10.9. The minimum atomic E-state index is 0.0149. The number of hydrogen-bond donors (Lipinski definition) is 0. The summed E-state index contributed by atoms with van der Waals surface area (Å²) >= 11 is 1.87. The number of aliphatic imine (C=N–C) groups is 2. The first-order valence-corrected chi connectivity index (χ1v) is 22.9. The minimum Gasteiger partial charge on any atom is -0.232 e. The number of rotatable bonds is 6. The van der Waals surface area contributed by atoms with E-state index in [1.807, 2.05) is 17.4 Å². The average Bonchev–Trinajstić information content (AvgIpc) is 3.68. The molecule has 0 unspecified atom stereocenters. The van der Waals surface area contributed by atoms with E-state index >= 15 is 0 Å². The number of fused-ring (bicyclic) bond motifs is 9. The molecule has 11 aromatic rings. The number of nitrogens with zero attached hydrogens (tertiary/aromatic N) is 2. The Bertz CT molecular complexity index is 3720. The van der Waals surface area contributed by atoms with Crippen LogP contribution >= 0.6 is 11.3 Å². The highest BCUT2D eigenvalue weighted by Gasteiger charge is 2.24. The van der Waals surface area contributed by atoms with Crippen LogP contribution < -0.4 is 0 Å². The Morgan fingerprint density at radius 2 is 0.891 bits per heavy atom. The lowest BCUT2D eigenvalue weighted by atomic mass is 9.87. The summed E-state index contributed by atoms with van der Waals surface area (Å²) in [5.41, 5.74) is 13.6. The van der Waals surface area contributed by atoms with Crippen LogP contribution in [0.2, 0.25) is 0 Å². The van der Waals surface area contributed by atoms with Crippen molar-refractivity contribution in [1.29, 1.82) is 0 Å². The second kappa shape index (κ2) is 15.6. The predicted molar refractivity (Wildman–Crippen MR) is 276 cm³/mol. The van der Waals surface area contributed by atoms with Crippen LogP contribution in [0.1, 0.15) is 30.5 Å². The van der Waals surface area contributed by atoms with Crippen LogP contribution in [0, 0.1) is 5.92 Å². The zero-order valence-corrected chi connectivity index (χ0v) is 36.4. The van der Waals surface area contributed by atoms with Crippen molar-refractivity contribution in [2.45, 2.75) is 13.8 Å². The van der Waals surface area contributed by atoms with Crippen LogP contribution in [0.15, 0.2) is 228 Å². The molecule has 0 saturated heterocycles. The van der Waals surface area contributed by atoms with Gasteiger partial charge in [0, 0.05) is 37.2 Å². The molecular weight excluding hydrogens is 793 g/mol. The summed E-state index contributed by atoms with van der Waals surface area (Å²) in [5.74, 6) is 0.735. The van der Waals surface area contributed by atoms with Crippen molar-refractivity contribution >= 4 is 81.1 Å². The third-order valence-electron chi connectivity index (χ3n) is 13.2. The van der Waals surface area contributed by atoms with Gasteiger partial charge in [-0.05, 0) is 108 Å². The maximum Gasteiger partial charge on any atom is 0.160 e. The van der Waals surface area contributed by atoms with Crippen molar-refractivity contribution in [3.8, 4) is 33.4 Å². The Morgan fingerprint density at radius 1 is 0.359 bits per heavy atom. The van der Waals surface area contributed by atoms with Gasteiger partial charge in [0.25, 0.3) is 0 Å². The molecule has 10 aromatic carbocycles. The maximum atomic E-state index is 5.44. The van der Waals surface area contributed by atoms with Gasteiger partial charge in [-0.2, -0.15) is 0 Å². The van der Waals surface area contributed by atoms with Crippen LogP contribution in [0.25, 0.3) is 91.6 Å². The highest BCUT2D eigenvalue weighted by atomic mass is 32.1. The fourth-order valence-electron chi connectivity index (χ4n) is 9.79. The van der Waals surface area contributed by atoms with Crippen LogP contribution in [0.4, 0.5) is 0 Å². The van der Waals surface area contributed by atoms with E-state index in [0.29, 0.717) is 0 Å². The van der Waals surface area contributed by atoms with Gasteiger partial charge in [0.2, 0.25) is 0 Å². The van der Waals surface area contributed by atoms with Crippen molar-refractivity contribution in [2.75, 3.05) is 0 Å². The molecule has 1 atom stereocenters. The third kappa shape index (κ3) is 6.47. The zero-order chi connectivity index (χ0) is 42.7. The molecule has 0 radical (unpaired) electrons. The molecule has 0 spiro atoms. The summed E-state index contributed by atoms with van der Waals surface area (Å²) in [4.78, 5) is 10.8. The van der Waals surface area contributed by atoms with E-state index in [9.17, 15) is 0 Å². The van der Waals surface area contributed by atoms with Gasteiger partial charge in [-0.1, -0.05) is 195 Å². The number of hydrogen-bond acceptors (Lipinski definition) is 3. The Morgan fingerprint density at radius 3 is 1.69 bits per heavy atom. The third-order valence-corrected chi connectivity index (χ3v) is 14.4. The first-order chi connectivity index (χ1) is 31.6. The quantitative estimate of drug-likeness (QED) is 0.149. The standard InChI is InChI=1S/C61H42N2S/c1-38-39(2)60(63-61(43-17-7-4-8-18-43)62-59(38)42-29-27-41(28-30-42)40-15-5-3-6-16-40)47-20-13-19-44(35-47)45-31-34-54-55(36-45)50-22-10-9-21-49(50)53-25-14-24-48(58(53)54)46-32-33-52-51-23-11-12-26-56(51)64-57(52)37-46/h3-37,39H,1-2H3/t39-/m0/s1. The van der Waals surface area contributed by atoms with E-state index in [0.717, 1.165) is 39.5 Å². The van der Waals surface area contributed by atoms with Crippen molar-refractivity contribution in [1.82, 2.24) is 0 Å². The summed E-state index contributed by atoms with van der Waals surface area (Å²) in [5, 5.41) is 10.3. The van der Waals surface area contributed by atoms with Crippen LogP contribution in [0.3, 0.4) is 0 Å². The maximum absolute atomic E-state index is 5.44. The molecule has 1 aliphatic rings. The average molecular weight is 835 g/mol. The highest BCUT2D eigenvalue weighted by Crippen LogP contribution is 2.44. The largest absolute Gasteiger partial charge is 0.232 e. The Hall–Kier alpha value is -7.72. The van der Waals surface area contributed by atoms with Gasteiger partial charge in [-0.15, -0.1) is 11.3 Å². The van der Waals surface area contributed by atoms with Gasteiger partial charge in [0.1, 0.15) is 0 Å². The summed E-state index contributed by atoms with van der Waals surface area (Å²) in [7, 11) is 0. The number of allylic oxidation sites excluding steroid dienone is 1. The lowest BCUT2D eigenvalue weighted by Gasteiger charge is -2.18. The van der Waals surface area contributed by atoms with E-state index in [4.69, 9.17) is 9.98 Å². The molecule has 3 heteroatoms. The van der Waals surface area contributed by atoms with E-state index in [2.05, 4.69) is 220 Å². The number of amidine groups is 1. The highest BCUT2D eigenvalue weighted by molar-refractivity contribution is 7.25. The lowest BCUT2D eigenvalue weighted by molar-refractivity contribution is 0.919. The molecule has 1 aromatic heterocycles. The fraction of sp³-hybridized carbons (Fsp3) is 0.0492. The predicted octanol–water partition coefficient (Wildman–Crippen LogP) is 16.8. The Kier molecular flexibility index (Phi) is 9.24. The first-order valence-electron chi connectivity index (χ1n) is 22.0. The van der Waals surface area contributed by atoms with Crippen molar-refractivity contribution in [3.63, 3.8) is 0 Å². The molecule has 0 amide bonds. The second-order valence-electron chi connectivity index (χ2n) is 16.9. The lowest BCUT2D eigenvalue weighted by Crippen LogP contribution is -2.15. The molecule has 0 fully saturated rings. The van der Waals surface area contributed by atoms with Crippen LogP contribution in [0.5, 0.6) is 0 Å². The normalized spacial score (nSPS) is 14.4. The SMILES string of the molecule is CC1=C(c2ccc(-c3ccccc3)cc2)N=C(c2ccccc2)N=C(c2cccc(-c3ccc4c(c3)c3ccccc3c3cccc(-c5ccc6c(c5)sc5ccccc56)c34)c2)[C@H]1C. The van der Waals surface area contributed by atoms with Crippen molar-refractivity contribution in [3.05, 3.63) is 235 Å². The molecule has 302 valence electrons. The summed E-state index contributed by atoms with van der Waals surface area (Å²) in [6, 6.07) is 77.2. The molecule has 2 heterocycles. The molecule has 0 saturated carbocycles. The molecule has 12 rings (SSSR count). The van der Waals surface area contributed by atoms with E-state index in [1.54, 1.807) is 0 Å². The molecule has 2 nitrogen and oxygen atoms in total. The second-order valence-corrected chi connectivity index (χ2v) is 18.0. The Balaban J connectivity index is 0.975. The molecular formula is C61H42N2S. The van der Waals surface area contributed by atoms with Gasteiger partial charge < -0.3 is 0 Å². The molecule has 0 bridgehead atoms. The van der Waals surface area contributed by atoms with Gasteiger partial charge in [0.05, 0.1) is 11.4 Å². The van der Waals surface area contributed by atoms with Crippen LogP contribution in [-0.4, -0.2) is 11.5 Å². The number of thiophene rings is 1. The molecule has 1 aliphatic heterocycles. The topological polar surface area (TPSA) is 24.7 Å². The summed E-state index contributed by atoms with van der Waals surface area (Å²) in [6.45, 7) is 4.49. The van der Waals surface area contributed by atoms with Crippen LogP contribution in [-0.2, 0) is 0 Å². The minimum absolute atomic E-state index is 0.0149. The molecule has 0 N–H and O–H groups in total. The van der Waals surface area contributed by atoms with Gasteiger partial charge in [-0.3, -0.25) is 0 Å². The van der Waals surface area contributed by atoms with Crippen molar-refractivity contribution in [2.24, 2.45) is 15.9 Å². The first kappa shape index (κ1) is 38.0. The number of benzene rings is 10. The van der Waals surface area contributed by atoms with Gasteiger partial charge >= 0.3 is 0 Å². The van der Waals surface area contributed by atoms with E-state index < -0.39 is 0 Å². The molecule has 0 aliphatic carbocycles. The van der Waals surface area contributed by atoms with Gasteiger partial charge in [0.15, 0.2) is 5.84 Å². The van der Waals surface area contributed by atoms with Crippen molar-refractivity contribution < 1.29 is 0 Å². The monoisotopic (exact) mass is 834 g/mol. The molecule has 64 heavy (non-hydrogen) atoms. The van der Waals surface area contributed by atoms with E-state index in [-0.39, 0.29) is 5.92 Å². The van der Waals surface area contributed by atoms with E-state index in [1.165, 1.54) is 85.9 Å². The summed E-state index contributed by atoms with van der Waals surface area (Å²) in [6.07, 6.45) is 0. The smallest absolute Gasteiger partial charge is 0.160 e. The zero-order valence-electron chi connectivity index (χ0n) is 35.6. The van der Waals surface area contributed by atoms with Gasteiger partial charge in [-0.25, -0.2) is 9.98 Å². The Labute approximate surface area is 376 Å². The summed E-state index contributed by atoms with van der Waals surface area (Å²) < 4.78 is 2.64.